The fourth-order valence-electron chi connectivity index (χ4n) is 3.84. The van der Waals surface area contributed by atoms with Gasteiger partial charge >= 0.3 is 0 Å². The van der Waals surface area contributed by atoms with Crippen LogP contribution >= 0.6 is 0 Å². The fourth-order valence-corrected chi connectivity index (χ4v) is 3.84. The van der Waals surface area contributed by atoms with Crippen LogP contribution in [0.4, 0.5) is 0 Å². The average Bonchev–Trinajstić information content (AvgIpc) is 3.03. The second-order valence-corrected chi connectivity index (χ2v) is 7.56. The Kier molecular flexibility index (Phi) is 5.70. The molecule has 1 saturated heterocycles. The van der Waals surface area contributed by atoms with Crippen LogP contribution in [-0.2, 0) is 16.5 Å². The number of fused-ring (bicyclic) bond motifs is 1. The van der Waals surface area contributed by atoms with Gasteiger partial charge in [-0.2, -0.15) is 5.10 Å². The third-order valence-corrected chi connectivity index (χ3v) is 5.33. The minimum atomic E-state index is -0.227. The molecule has 1 aliphatic rings. The Morgan fingerprint density at radius 2 is 1.75 bits per heavy atom. The lowest BCUT2D eigenvalue weighted by Crippen LogP contribution is -2.26. The summed E-state index contributed by atoms with van der Waals surface area (Å²) in [5.41, 5.74) is 4.34. The molecule has 4 aromatic rings. The number of aromatic nitrogens is 4. The average molecular weight is 432 g/mol. The lowest BCUT2D eigenvalue weighted by molar-refractivity contribution is 0.0581. The molecule has 0 N–H and O–H groups in total. The molecule has 0 radical (unpaired) electrons. The minimum Gasteiger partial charge on any atom is -0.493 e. The van der Waals surface area contributed by atoms with Crippen molar-refractivity contribution in [2.24, 2.45) is 7.05 Å². The number of benzene rings is 2. The molecule has 164 valence electrons. The van der Waals surface area contributed by atoms with Crippen LogP contribution in [0.5, 0.6) is 11.5 Å². The SMILES string of the molecule is COc1cc2ncnc(-c3cn(C)nc3-c3ccccc3)c2cc1OC1COCCOC1. The highest BCUT2D eigenvalue weighted by Crippen LogP contribution is 2.38. The van der Waals surface area contributed by atoms with Gasteiger partial charge in [0.1, 0.15) is 18.1 Å². The summed E-state index contributed by atoms with van der Waals surface area (Å²) in [5.74, 6) is 1.20. The first kappa shape index (κ1) is 20.4. The van der Waals surface area contributed by atoms with Gasteiger partial charge in [0.15, 0.2) is 11.5 Å². The second kappa shape index (κ2) is 8.94. The zero-order chi connectivity index (χ0) is 21.9. The Labute approximate surface area is 185 Å². The summed E-state index contributed by atoms with van der Waals surface area (Å²) in [7, 11) is 3.52. The van der Waals surface area contributed by atoms with E-state index in [0.717, 1.165) is 33.4 Å². The summed E-state index contributed by atoms with van der Waals surface area (Å²) in [6, 6.07) is 13.9. The highest BCUT2D eigenvalue weighted by Gasteiger charge is 2.21. The summed E-state index contributed by atoms with van der Waals surface area (Å²) in [5, 5.41) is 5.54. The molecular weight excluding hydrogens is 408 g/mol. The Morgan fingerprint density at radius 3 is 2.50 bits per heavy atom. The predicted molar refractivity (Wildman–Crippen MR) is 120 cm³/mol. The summed E-state index contributed by atoms with van der Waals surface area (Å²) < 4.78 is 24.8. The van der Waals surface area contributed by atoms with E-state index in [-0.39, 0.29) is 6.10 Å². The molecule has 0 amide bonds. The van der Waals surface area contributed by atoms with Gasteiger partial charge in [0.05, 0.1) is 44.7 Å². The van der Waals surface area contributed by atoms with E-state index < -0.39 is 0 Å². The van der Waals surface area contributed by atoms with Crippen LogP contribution < -0.4 is 9.47 Å². The van der Waals surface area contributed by atoms with Crippen molar-refractivity contribution < 1.29 is 18.9 Å². The third kappa shape index (κ3) is 4.02. The number of hydrogen-bond donors (Lipinski definition) is 0. The highest BCUT2D eigenvalue weighted by atomic mass is 16.6. The van der Waals surface area contributed by atoms with Crippen LogP contribution in [0.1, 0.15) is 0 Å². The van der Waals surface area contributed by atoms with Crippen molar-refractivity contribution in [3.63, 3.8) is 0 Å². The van der Waals surface area contributed by atoms with E-state index in [9.17, 15) is 0 Å². The van der Waals surface area contributed by atoms with Crippen molar-refractivity contribution >= 4 is 10.9 Å². The minimum absolute atomic E-state index is 0.227. The van der Waals surface area contributed by atoms with Crippen LogP contribution in [0.2, 0.25) is 0 Å². The third-order valence-electron chi connectivity index (χ3n) is 5.33. The van der Waals surface area contributed by atoms with Crippen molar-refractivity contribution in [1.82, 2.24) is 19.7 Å². The Balaban J connectivity index is 1.62. The molecule has 2 aromatic heterocycles. The van der Waals surface area contributed by atoms with Crippen molar-refractivity contribution in [3.8, 4) is 34.0 Å². The Hall–Kier alpha value is -3.49. The van der Waals surface area contributed by atoms with Gasteiger partial charge in [-0.15, -0.1) is 0 Å². The predicted octanol–water partition coefficient (Wildman–Crippen LogP) is 3.50. The first-order valence-corrected chi connectivity index (χ1v) is 10.5. The quantitative estimate of drug-likeness (QED) is 0.477. The summed E-state index contributed by atoms with van der Waals surface area (Å²) >= 11 is 0. The molecule has 1 aliphatic heterocycles. The fraction of sp³-hybridized carbons (Fsp3) is 0.292. The summed E-state index contributed by atoms with van der Waals surface area (Å²) in [6.07, 6.45) is 3.31. The van der Waals surface area contributed by atoms with E-state index in [2.05, 4.69) is 9.97 Å². The smallest absolute Gasteiger partial charge is 0.162 e. The van der Waals surface area contributed by atoms with E-state index in [0.29, 0.717) is 37.9 Å². The van der Waals surface area contributed by atoms with E-state index in [4.69, 9.17) is 24.0 Å². The molecule has 8 heteroatoms. The van der Waals surface area contributed by atoms with Crippen molar-refractivity contribution in [2.75, 3.05) is 33.5 Å². The molecule has 5 rings (SSSR count). The first-order valence-electron chi connectivity index (χ1n) is 10.5. The molecule has 0 aliphatic carbocycles. The van der Waals surface area contributed by atoms with Gasteiger partial charge in [-0.3, -0.25) is 4.68 Å². The van der Waals surface area contributed by atoms with Crippen LogP contribution in [0.15, 0.2) is 55.0 Å². The number of rotatable bonds is 5. The van der Waals surface area contributed by atoms with Crippen LogP contribution in [0, 0.1) is 0 Å². The number of ether oxygens (including phenoxy) is 4. The monoisotopic (exact) mass is 432 g/mol. The number of nitrogens with zero attached hydrogens (tertiary/aromatic N) is 4. The summed E-state index contributed by atoms with van der Waals surface area (Å²) in [6.45, 7) is 2.05. The largest absolute Gasteiger partial charge is 0.493 e. The zero-order valence-electron chi connectivity index (χ0n) is 18.0. The Bertz CT molecular complexity index is 1220. The van der Waals surface area contributed by atoms with Crippen molar-refractivity contribution in [1.29, 1.82) is 0 Å². The molecule has 0 spiro atoms. The highest BCUT2D eigenvalue weighted by molar-refractivity contribution is 5.97. The molecule has 8 nitrogen and oxygen atoms in total. The van der Waals surface area contributed by atoms with Crippen LogP contribution in [-0.4, -0.2) is 59.4 Å². The molecule has 0 saturated carbocycles. The molecule has 3 heterocycles. The van der Waals surface area contributed by atoms with Gasteiger partial charge < -0.3 is 18.9 Å². The van der Waals surface area contributed by atoms with Crippen LogP contribution in [0.3, 0.4) is 0 Å². The summed E-state index contributed by atoms with van der Waals surface area (Å²) in [4.78, 5) is 9.09. The van der Waals surface area contributed by atoms with Gasteiger partial charge in [-0.25, -0.2) is 9.97 Å². The van der Waals surface area contributed by atoms with E-state index in [1.807, 2.05) is 55.7 Å². The standard InChI is InChI=1S/C24H24N4O4/c1-28-12-19(23(27-28)16-6-4-3-5-7-16)24-18-10-22(32-17-13-30-8-9-31-14-17)21(29-2)11-20(18)25-15-26-24/h3-7,10-12,15,17H,8-9,13-14H2,1-2H3. The first-order chi connectivity index (χ1) is 15.7. The van der Waals surface area contributed by atoms with Crippen LogP contribution in [0.25, 0.3) is 33.4 Å². The zero-order valence-corrected chi connectivity index (χ0v) is 18.0. The Morgan fingerprint density at radius 1 is 0.969 bits per heavy atom. The molecule has 1 fully saturated rings. The van der Waals surface area contributed by atoms with Crippen molar-refractivity contribution in [3.05, 3.63) is 55.0 Å². The van der Waals surface area contributed by atoms with Crippen molar-refractivity contribution in [2.45, 2.75) is 6.10 Å². The van der Waals surface area contributed by atoms with Gasteiger partial charge in [0.25, 0.3) is 0 Å². The normalized spacial score (nSPS) is 14.9. The lowest BCUT2D eigenvalue weighted by atomic mass is 10.0. The topological polar surface area (TPSA) is 80.5 Å². The van der Waals surface area contributed by atoms with E-state index in [1.54, 1.807) is 18.1 Å². The second-order valence-electron chi connectivity index (χ2n) is 7.56. The van der Waals surface area contributed by atoms with Gasteiger partial charge in [0.2, 0.25) is 0 Å². The maximum atomic E-state index is 6.23. The molecule has 32 heavy (non-hydrogen) atoms. The number of hydrogen-bond acceptors (Lipinski definition) is 7. The molecule has 0 atom stereocenters. The maximum Gasteiger partial charge on any atom is 0.162 e. The molecule has 2 aromatic carbocycles. The van der Waals surface area contributed by atoms with Gasteiger partial charge in [0, 0.05) is 35.8 Å². The van der Waals surface area contributed by atoms with Gasteiger partial charge in [-0.1, -0.05) is 30.3 Å². The molecule has 0 bridgehead atoms. The van der Waals surface area contributed by atoms with E-state index in [1.165, 1.54) is 0 Å². The van der Waals surface area contributed by atoms with E-state index >= 15 is 0 Å². The lowest BCUT2D eigenvalue weighted by Gasteiger charge is -2.19. The number of methoxy groups -OCH3 is 1. The maximum absolute atomic E-state index is 6.23. The number of aryl methyl sites for hydroxylation is 1. The van der Waals surface area contributed by atoms with Gasteiger partial charge in [-0.05, 0) is 6.07 Å². The molecule has 0 unspecified atom stereocenters. The molecular formula is C24H24N4O4.